The predicted octanol–water partition coefficient (Wildman–Crippen LogP) is 2.03. The molecule has 0 atom stereocenters. The summed E-state index contributed by atoms with van der Waals surface area (Å²) in [4.78, 5) is 25.5. The average Bonchev–Trinajstić information content (AvgIpc) is 2.42. The molecule has 1 heterocycles. The van der Waals surface area contributed by atoms with Crippen molar-refractivity contribution in [3.05, 3.63) is 23.8 Å². The molecule has 0 saturated heterocycles. The Morgan fingerprint density at radius 3 is 2.76 bits per heavy atom. The summed E-state index contributed by atoms with van der Waals surface area (Å²) >= 11 is 0. The van der Waals surface area contributed by atoms with Crippen LogP contribution in [0.3, 0.4) is 0 Å². The molecule has 0 spiro atoms. The number of nitrogens with zero attached hydrogens (tertiary/aromatic N) is 1. The van der Waals surface area contributed by atoms with Crippen LogP contribution in [0.15, 0.2) is 18.2 Å². The van der Waals surface area contributed by atoms with E-state index in [9.17, 15) is 9.59 Å². The molecule has 1 aromatic rings. The molecule has 1 N–H and O–H groups in total. The number of anilines is 1. The van der Waals surface area contributed by atoms with Crippen LogP contribution in [0.4, 0.5) is 5.69 Å². The molecule has 5 nitrogen and oxygen atoms in total. The summed E-state index contributed by atoms with van der Waals surface area (Å²) in [5.41, 5.74) is 0.948. The van der Waals surface area contributed by atoms with Crippen LogP contribution in [0.5, 0.6) is 5.75 Å². The molecule has 5 heteroatoms. The SMILES string of the molecule is CCC(=O)NCCN1C(=O)C(C)(C)Oc2cc(C)ccc21. The van der Waals surface area contributed by atoms with Crippen molar-refractivity contribution in [1.82, 2.24) is 5.32 Å². The van der Waals surface area contributed by atoms with E-state index in [-0.39, 0.29) is 11.8 Å². The number of carbonyl (C=O) groups is 2. The molecule has 0 saturated carbocycles. The molecule has 21 heavy (non-hydrogen) atoms. The van der Waals surface area contributed by atoms with E-state index in [1.54, 1.807) is 25.7 Å². The van der Waals surface area contributed by atoms with Crippen LogP contribution in [-0.4, -0.2) is 30.5 Å². The van der Waals surface area contributed by atoms with Gasteiger partial charge in [-0.1, -0.05) is 13.0 Å². The Morgan fingerprint density at radius 2 is 2.10 bits per heavy atom. The fourth-order valence-electron chi connectivity index (χ4n) is 2.33. The summed E-state index contributed by atoms with van der Waals surface area (Å²) in [6.45, 7) is 8.18. The first-order valence-electron chi connectivity index (χ1n) is 7.23. The Kier molecular flexibility index (Phi) is 4.21. The summed E-state index contributed by atoms with van der Waals surface area (Å²) < 4.78 is 5.81. The molecule has 0 radical (unpaired) electrons. The summed E-state index contributed by atoms with van der Waals surface area (Å²) in [6, 6.07) is 5.77. The van der Waals surface area contributed by atoms with Crippen LogP contribution in [0.2, 0.25) is 0 Å². The van der Waals surface area contributed by atoms with E-state index in [1.165, 1.54) is 0 Å². The normalized spacial score (nSPS) is 16.2. The molecule has 0 fully saturated rings. The first kappa shape index (κ1) is 15.4. The Balaban J connectivity index is 2.22. The van der Waals surface area contributed by atoms with Crippen molar-refractivity contribution in [3.8, 4) is 5.75 Å². The highest BCUT2D eigenvalue weighted by Gasteiger charge is 2.40. The lowest BCUT2D eigenvalue weighted by Crippen LogP contribution is -2.54. The summed E-state index contributed by atoms with van der Waals surface area (Å²) in [6.07, 6.45) is 0.443. The van der Waals surface area contributed by atoms with Gasteiger partial charge in [0.25, 0.3) is 5.91 Å². The minimum absolute atomic E-state index is 0.0147. The van der Waals surface area contributed by atoms with Crippen LogP contribution in [0.1, 0.15) is 32.8 Å². The summed E-state index contributed by atoms with van der Waals surface area (Å²) in [7, 11) is 0. The quantitative estimate of drug-likeness (QED) is 0.923. The number of rotatable bonds is 4. The standard InChI is InChI=1S/C16H22N2O3/c1-5-14(19)17-8-9-18-12-7-6-11(2)10-13(12)21-16(3,4)15(18)20/h6-7,10H,5,8-9H2,1-4H3,(H,17,19). The van der Waals surface area contributed by atoms with Gasteiger partial charge in [0.1, 0.15) is 5.75 Å². The van der Waals surface area contributed by atoms with Gasteiger partial charge in [0.15, 0.2) is 5.60 Å². The lowest BCUT2D eigenvalue weighted by atomic mass is 10.0. The van der Waals surface area contributed by atoms with Crippen molar-refractivity contribution in [2.75, 3.05) is 18.0 Å². The van der Waals surface area contributed by atoms with Gasteiger partial charge in [-0.15, -0.1) is 0 Å². The maximum absolute atomic E-state index is 12.5. The molecule has 0 aliphatic carbocycles. The number of hydrogen-bond donors (Lipinski definition) is 1. The van der Waals surface area contributed by atoms with Gasteiger partial charge in [-0.05, 0) is 38.5 Å². The van der Waals surface area contributed by atoms with Gasteiger partial charge in [0, 0.05) is 19.5 Å². The molecule has 2 rings (SSSR count). The smallest absolute Gasteiger partial charge is 0.270 e. The molecule has 1 aliphatic heterocycles. The number of hydrogen-bond acceptors (Lipinski definition) is 3. The zero-order valence-corrected chi connectivity index (χ0v) is 13.0. The minimum Gasteiger partial charge on any atom is -0.476 e. The highest BCUT2D eigenvalue weighted by atomic mass is 16.5. The van der Waals surface area contributed by atoms with E-state index < -0.39 is 5.60 Å². The number of amides is 2. The van der Waals surface area contributed by atoms with Gasteiger partial charge in [0.2, 0.25) is 5.91 Å². The fourth-order valence-corrected chi connectivity index (χ4v) is 2.33. The molecular weight excluding hydrogens is 268 g/mol. The molecule has 1 aliphatic rings. The fraction of sp³-hybridized carbons (Fsp3) is 0.500. The van der Waals surface area contributed by atoms with Crippen LogP contribution >= 0.6 is 0 Å². The topological polar surface area (TPSA) is 58.6 Å². The average molecular weight is 290 g/mol. The van der Waals surface area contributed by atoms with Crippen molar-refractivity contribution >= 4 is 17.5 Å². The van der Waals surface area contributed by atoms with Crippen LogP contribution in [0.25, 0.3) is 0 Å². The van der Waals surface area contributed by atoms with Crippen molar-refractivity contribution in [2.24, 2.45) is 0 Å². The lowest BCUT2D eigenvalue weighted by Gasteiger charge is -2.39. The van der Waals surface area contributed by atoms with E-state index in [1.807, 2.05) is 25.1 Å². The Bertz CT molecular complexity index is 567. The Labute approximate surface area is 125 Å². The van der Waals surface area contributed by atoms with E-state index in [4.69, 9.17) is 4.74 Å². The minimum atomic E-state index is -0.893. The molecule has 0 bridgehead atoms. The second-order valence-corrected chi connectivity index (χ2v) is 5.74. The van der Waals surface area contributed by atoms with Crippen LogP contribution in [-0.2, 0) is 9.59 Å². The first-order chi connectivity index (χ1) is 9.85. The number of nitrogens with one attached hydrogen (secondary N) is 1. The maximum atomic E-state index is 12.5. The number of carbonyl (C=O) groups excluding carboxylic acids is 2. The van der Waals surface area contributed by atoms with Crippen LogP contribution in [0, 0.1) is 6.92 Å². The lowest BCUT2D eigenvalue weighted by molar-refractivity contribution is -0.132. The molecule has 1 aromatic carbocycles. The van der Waals surface area contributed by atoms with Gasteiger partial charge in [-0.25, -0.2) is 0 Å². The Morgan fingerprint density at radius 1 is 1.38 bits per heavy atom. The van der Waals surface area contributed by atoms with Gasteiger partial charge >= 0.3 is 0 Å². The van der Waals surface area contributed by atoms with E-state index in [2.05, 4.69) is 5.32 Å². The second kappa shape index (κ2) is 5.76. The zero-order chi connectivity index (χ0) is 15.6. The molecule has 0 unspecified atom stereocenters. The van der Waals surface area contributed by atoms with E-state index in [0.29, 0.717) is 25.3 Å². The summed E-state index contributed by atoms with van der Waals surface area (Å²) in [5.74, 6) is 0.602. The molecule has 2 amide bonds. The highest BCUT2D eigenvalue weighted by molar-refractivity contribution is 6.02. The number of ether oxygens (including phenoxy) is 1. The van der Waals surface area contributed by atoms with Gasteiger partial charge < -0.3 is 15.0 Å². The third-order valence-electron chi connectivity index (χ3n) is 3.51. The highest BCUT2D eigenvalue weighted by Crippen LogP contribution is 2.38. The number of benzene rings is 1. The molecular formula is C16H22N2O3. The third kappa shape index (κ3) is 3.17. The first-order valence-corrected chi connectivity index (χ1v) is 7.23. The van der Waals surface area contributed by atoms with Crippen molar-refractivity contribution < 1.29 is 14.3 Å². The van der Waals surface area contributed by atoms with Crippen molar-refractivity contribution in [2.45, 2.75) is 39.7 Å². The third-order valence-corrected chi connectivity index (χ3v) is 3.51. The number of aryl methyl sites for hydroxylation is 1. The van der Waals surface area contributed by atoms with Gasteiger partial charge in [-0.3, -0.25) is 9.59 Å². The number of fused-ring (bicyclic) bond motifs is 1. The second-order valence-electron chi connectivity index (χ2n) is 5.74. The monoisotopic (exact) mass is 290 g/mol. The van der Waals surface area contributed by atoms with Gasteiger partial charge in [0.05, 0.1) is 5.69 Å². The van der Waals surface area contributed by atoms with Crippen molar-refractivity contribution in [1.29, 1.82) is 0 Å². The van der Waals surface area contributed by atoms with Crippen LogP contribution < -0.4 is 15.0 Å². The van der Waals surface area contributed by atoms with Crippen molar-refractivity contribution in [3.63, 3.8) is 0 Å². The molecule has 114 valence electrons. The summed E-state index contributed by atoms with van der Waals surface area (Å²) in [5, 5.41) is 2.80. The Hall–Kier alpha value is -2.04. The van der Waals surface area contributed by atoms with E-state index >= 15 is 0 Å². The van der Waals surface area contributed by atoms with E-state index in [0.717, 1.165) is 11.3 Å². The largest absolute Gasteiger partial charge is 0.476 e. The van der Waals surface area contributed by atoms with Gasteiger partial charge in [-0.2, -0.15) is 0 Å². The predicted molar refractivity (Wildman–Crippen MR) is 81.5 cm³/mol. The zero-order valence-electron chi connectivity index (χ0n) is 13.0. The molecule has 0 aromatic heterocycles. The maximum Gasteiger partial charge on any atom is 0.270 e.